The molecular weight excluding hydrogens is 276 g/mol. The summed E-state index contributed by atoms with van der Waals surface area (Å²) >= 11 is 1.24. The third-order valence-corrected chi connectivity index (χ3v) is 3.64. The Morgan fingerprint density at radius 1 is 1.30 bits per heavy atom. The topological polar surface area (TPSA) is 95.2 Å². The SMILES string of the molecule is C[C@H](NC(=O)c1c(-c2ccccc2)csc1N)C(=O)[O-]. The molecule has 0 saturated heterocycles. The molecule has 2 rings (SSSR count). The monoisotopic (exact) mass is 289 g/mol. The first-order valence-corrected chi connectivity index (χ1v) is 6.82. The molecule has 0 aliphatic carbocycles. The van der Waals surface area contributed by atoms with Crippen LogP contribution in [0.1, 0.15) is 17.3 Å². The lowest BCUT2D eigenvalue weighted by molar-refractivity contribution is -0.307. The Hall–Kier alpha value is -2.34. The summed E-state index contributed by atoms with van der Waals surface area (Å²) in [4.78, 5) is 22.8. The number of nitrogens with one attached hydrogen (secondary N) is 1. The summed E-state index contributed by atoms with van der Waals surface area (Å²) in [5.41, 5.74) is 7.67. The molecule has 1 amide bonds. The van der Waals surface area contributed by atoms with Gasteiger partial charge in [-0.05, 0) is 12.5 Å². The summed E-state index contributed by atoms with van der Waals surface area (Å²) in [6.45, 7) is 1.35. The lowest BCUT2D eigenvalue weighted by atomic mass is 10.0. The van der Waals surface area contributed by atoms with Crippen molar-refractivity contribution in [3.8, 4) is 11.1 Å². The number of carbonyl (C=O) groups is 2. The summed E-state index contributed by atoms with van der Waals surface area (Å²) < 4.78 is 0. The molecule has 0 bridgehead atoms. The third-order valence-electron chi connectivity index (χ3n) is 2.83. The van der Waals surface area contributed by atoms with E-state index in [9.17, 15) is 14.7 Å². The number of nitrogen functional groups attached to an aromatic ring is 1. The van der Waals surface area contributed by atoms with Crippen molar-refractivity contribution in [1.29, 1.82) is 0 Å². The molecule has 20 heavy (non-hydrogen) atoms. The van der Waals surface area contributed by atoms with Crippen molar-refractivity contribution in [1.82, 2.24) is 5.32 Å². The fourth-order valence-electron chi connectivity index (χ4n) is 1.77. The maximum atomic E-state index is 12.2. The summed E-state index contributed by atoms with van der Waals surface area (Å²) in [6, 6.07) is 8.23. The van der Waals surface area contributed by atoms with Crippen LogP contribution in [-0.2, 0) is 4.79 Å². The number of rotatable bonds is 4. The van der Waals surface area contributed by atoms with Crippen LogP contribution >= 0.6 is 11.3 Å². The summed E-state index contributed by atoms with van der Waals surface area (Å²) in [5, 5.41) is 15.2. The van der Waals surface area contributed by atoms with Gasteiger partial charge in [0.15, 0.2) is 0 Å². The minimum absolute atomic E-state index is 0.300. The van der Waals surface area contributed by atoms with Crippen molar-refractivity contribution in [3.63, 3.8) is 0 Å². The highest BCUT2D eigenvalue weighted by Gasteiger charge is 2.20. The molecule has 1 aromatic heterocycles. The Morgan fingerprint density at radius 2 is 1.95 bits per heavy atom. The van der Waals surface area contributed by atoms with Crippen molar-refractivity contribution < 1.29 is 14.7 Å². The molecule has 0 aliphatic heterocycles. The van der Waals surface area contributed by atoms with E-state index in [-0.39, 0.29) is 0 Å². The van der Waals surface area contributed by atoms with Crippen LogP contribution in [-0.4, -0.2) is 17.9 Å². The van der Waals surface area contributed by atoms with Crippen molar-refractivity contribution in [2.75, 3.05) is 5.73 Å². The smallest absolute Gasteiger partial charge is 0.255 e. The van der Waals surface area contributed by atoms with Crippen LogP contribution in [0.15, 0.2) is 35.7 Å². The minimum atomic E-state index is -1.34. The molecule has 6 heteroatoms. The molecule has 1 atom stereocenters. The third kappa shape index (κ3) is 2.80. The average molecular weight is 289 g/mol. The van der Waals surface area contributed by atoms with E-state index < -0.39 is 17.9 Å². The van der Waals surface area contributed by atoms with E-state index in [4.69, 9.17) is 5.73 Å². The standard InChI is InChI=1S/C14H14N2O3S/c1-8(14(18)19)16-13(17)11-10(7-20-12(11)15)9-5-3-2-4-6-9/h2-8H,15H2,1H3,(H,16,17)(H,18,19)/p-1/t8-/m0/s1. The molecule has 0 saturated carbocycles. The Morgan fingerprint density at radius 3 is 2.55 bits per heavy atom. The molecule has 5 nitrogen and oxygen atoms in total. The normalized spacial score (nSPS) is 11.8. The highest BCUT2D eigenvalue weighted by molar-refractivity contribution is 7.15. The Kier molecular flexibility index (Phi) is 4.05. The maximum Gasteiger partial charge on any atom is 0.255 e. The van der Waals surface area contributed by atoms with Gasteiger partial charge in [0.2, 0.25) is 0 Å². The zero-order valence-corrected chi connectivity index (χ0v) is 11.6. The van der Waals surface area contributed by atoms with Crippen LogP contribution < -0.4 is 16.2 Å². The van der Waals surface area contributed by atoms with Gasteiger partial charge in [0.05, 0.1) is 22.6 Å². The zero-order chi connectivity index (χ0) is 14.7. The minimum Gasteiger partial charge on any atom is -0.548 e. The van der Waals surface area contributed by atoms with Crippen LogP contribution in [0.25, 0.3) is 11.1 Å². The number of amides is 1. The molecular formula is C14H13N2O3S-. The highest BCUT2D eigenvalue weighted by atomic mass is 32.1. The van der Waals surface area contributed by atoms with Crippen LogP contribution in [0.3, 0.4) is 0 Å². The quantitative estimate of drug-likeness (QED) is 0.873. The van der Waals surface area contributed by atoms with Crippen molar-refractivity contribution in [3.05, 3.63) is 41.3 Å². The van der Waals surface area contributed by atoms with Crippen LogP contribution in [0.2, 0.25) is 0 Å². The Bertz CT molecular complexity index is 637. The van der Waals surface area contributed by atoms with E-state index in [0.29, 0.717) is 16.1 Å². The second-order valence-corrected chi connectivity index (χ2v) is 5.18. The maximum absolute atomic E-state index is 12.2. The first-order valence-electron chi connectivity index (χ1n) is 5.94. The van der Waals surface area contributed by atoms with Gasteiger partial charge in [-0.2, -0.15) is 0 Å². The number of carboxylic acids is 1. The van der Waals surface area contributed by atoms with E-state index in [1.807, 2.05) is 30.3 Å². The van der Waals surface area contributed by atoms with Gasteiger partial charge in [-0.15, -0.1) is 11.3 Å². The van der Waals surface area contributed by atoms with Crippen molar-refractivity contribution >= 4 is 28.2 Å². The first kappa shape index (κ1) is 14.1. The van der Waals surface area contributed by atoms with Crippen LogP contribution in [0.4, 0.5) is 5.00 Å². The fraction of sp³-hybridized carbons (Fsp3) is 0.143. The number of thiophene rings is 1. The number of carbonyl (C=O) groups excluding carboxylic acids is 2. The Balaban J connectivity index is 2.35. The second kappa shape index (κ2) is 5.75. The van der Waals surface area contributed by atoms with Gasteiger partial charge in [-0.3, -0.25) is 4.79 Å². The summed E-state index contributed by atoms with van der Waals surface area (Å²) in [6.07, 6.45) is 0. The highest BCUT2D eigenvalue weighted by Crippen LogP contribution is 2.33. The van der Waals surface area contributed by atoms with Gasteiger partial charge in [-0.25, -0.2) is 0 Å². The average Bonchev–Trinajstić information content (AvgIpc) is 2.81. The van der Waals surface area contributed by atoms with Gasteiger partial charge in [-0.1, -0.05) is 30.3 Å². The van der Waals surface area contributed by atoms with E-state index in [1.165, 1.54) is 18.3 Å². The van der Waals surface area contributed by atoms with Gasteiger partial charge < -0.3 is 21.0 Å². The van der Waals surface area contributed by atoms with Crippen LogP contribution in [0, 0.1) is 0 Å². The molecule has 0 radical (unpaired) electrons. The summed E-state index contributed by atoms with van der Waals surface area (Å²) in [5.74, 6) is -1.85. The Labute approximate surface area is 120 Å². The van der Waals surface area contributed by atoms with Crippen molar-refractivity contribution in [2.45, 2.75) is 13.0 Å². The number of anilines is 1. The van der Waals surface area contributed by atoms with Gasteiger partial charge in [0, 0.05) is 10.9 Å². The predicted molar refractivity (Wildman–Crippen MR) is 76.1 cm³/mol. The summed E-state index contributed by atoms with van der Waals surface area (Å²) in [7, 11) is 0. The number of benzene rings is 1. The second-order valence-electron chi connectivity index (χ2n) is 4.27. The van der Waals surface area contributed by atoms with Crippen molar-refractivity contribution in [2.24, 2.45) is 0 Å². The fourth-order valence-corrected chi connectivity index (χ4v) is 2.58. The molecule has 0 unspecified atom stereocenters. The molecule has 1 aromatic carbocycles. The molecule has 0 spiro atoms. The first-order chi connectivity index (χ1) is 9.50. The molecule has 3 N–H and O–H groups in total. The van der Waals surface area contributed by atoms with E-state index in [1.54, 1.807) is 5.38 Å². The van der Waals surface area contributed by atoms with Gasteiger partial charge in [0.1, 0.15) is 0 Å². The lowest BCUT2D eigenvalue weighted by Crippen LogP contribution is -2.46. The molecule has 2 aromatic rings. The number of hydrogen-bond acceptors (Lipinski definition) is 5. The number of nitrogens with two attached hydrogens (primary N) is 1. The molecule has 0 fully saturated rings. The predicted octanol–water partition coefficient (Wildman–Crippen LogP) is 0.866. The zero-order valence-electron chi connectivity index (χ0n) is 10.8. The van der Waals surface area contributed by atoms with E-state index in [0.717, 1.165) is 5.56 Å². The molecule has 0 aliphatic rings. The number of aliphatic carboxylic acids is 1. The largest absolute Gasteiger partial charge is 0.548 e. The molecule has 1 heterocycles. The van der Waals surface area contributed by atoms with Gasteiger partial charge >= 0.3 is 0 Å². The van der Waals surface area contributed by atoms with E-state index in [2.05, 4.69) is 5.32 Å². The van der Waals surface area contributed by atoms with E-state index >= 15 is 0 Å². The number of carboxylic acid groups (broad SMARTS) is 1. The van der Waals surface area contributed by atoms with Gasteiger partial charge in [0.25, 0.3) is 5.91 Å². The number of hydrogen-bond donors (Lipinski definition) is 2. The molecule has 104 valence electrons. The van der Waals surface area contributed by atoms with Crippen LogP contribution in [0.5, 0.6) is 0 Å². The lowest BCUT2D eigenvalue weighted by Gasteiger charge is -2.15.